The molecule has 3 rings (SSSR count). The topological polar surface area (TPSA) is 40.5 Å². The van der Waals surface area contributed by atoms with Crippen molar-refractivity contribution in [3.8, 4) is 5.75 Å². The van der Waals surface area contributed by atoms with Crippen molar-refractivity contribution >= 4 is 16.7 Å². The first kappa shape index (κ1) is 13.9. The Hall–Kier alpha value is -2.03. The molecular weight excluding hydrogens is 262 g/mol. The number of aromatic hydroxyl groups is 1. The molecule has 0 radical (unpaired) electrons. The largest absolute Gasteiger partial charge is 0.507 e. The summed E-state index contributed by atoms with van der Waals surface area (Å²) in [5.74, 6) is 0.587. The Morgan fingerprint density at radius 2 is 1.81 bits per heavy atom. The molecule has 1 aliphatic carbocycles. The van der Waals surface area contributed by atoms with Crippen LogP contribution in [0.15, 0.2) is 36.4 Å². The Bertz CT molecular complexity index is 659. The molecule has 0 atom stereocenters. The number of phenolic OH excluding ortho intramolecular Hbond substituents is 1. The molecule has 21 heavy (non-hydrogen) atoms. The summed E-state index contributed by atoms with van der Waals surface area (Å²) in [5.41, 5.74) is 0.397. The van der Waals surface area contributed by atoms with E-state index >= 15 is 0 Å². The van der Waals surface area contributed by atoms with Crippen molar-refractivity contribution in [3.05, 3.63) is 42.0 Å². The number of nitrogens with zero attached hydrogens (tertiary/aromatic N) is 1. The Balaban J connectivity index is 1.84. The fourth-order valence-electron chi connectivity index (χ4n) is 3.27. The van der Waals surface area contributed by atoms with E-state index in [1.165, 1.54) is 25.7 Å². The fraction of sp³-hybridized carbons (Fsp3) is 0.389. The van der Waals surface area contributed by atoms with Crippen molar-refractivity contribution in [2.45, 2.75) is 25.7 Å². The Kier molecular flexibility index (Phi) is 3.82. The van der Waals surface area contributed by atoms with Gasteiger partial charge in [0.15, 0.2) is 0 Å². The molecular formula is C18H21NO2. The van der Waals surface area contributed by atoms with Gasteiger partial charge in [-0.15, -0.1) is 0 Å². The van der Waals surface area contributed by atoms with Crippen molar-refractivity contribution in [3.63, 3.8) is 0 Å². The molecule has 1 amide bonds. The van der Waals surface area contributed by atoms with Gasteiger partial charge in [0.1, 0.15) is 5.75 Å². The second-order valence-corrected chi connectivity index (χ2v) is 6.05. The van der Waals surface area contributed by atoms with E-state index in [0.29, 0.717) is 11.5 Å². The number of phenols is 1. The molecule has 3 nitrogen and oxygen atoms in total. The second-order valence-electron chi connectivity index (χ2n) is 6.05. The number of amides is 1. The van der Waals surface area contributed by atoms with Crippen LogP contribution in [0.2, 0.25) is 0 Å². The predicted molar refractivity (Wildman–Crippen MR) is 84.5 cm³/mol. The highest BCUT2D eigenvalue weighted by Crippen LogP contribution is 2.28. The van der Waals surface area contributed by atoms with Crippen LogP contribution in [0.4, 0.5) is 0 Å². The van der Waals surface area contributed by atoms with E-state index in [1.807, 2.05) is 31.3 Å². The normalized spacial score (nSPS) is 15.5. The van der Waals surface area contributed by atoms with Gasteiger partial charge in [-0.1, -0.05) is 37.1 Å². The van der Waals surface area contributed by atoms with Crippen molar-refractivity contribution in [1.29, 1.82) is 0 Å². The lowest BCUT2D eigenvalue weighted by molar-refractivity contribution is 0.0770. The number of fused-ring (bicyclic) bond motifs is 1. The molecule has 0 unspecified atom stereocenters. The zero-order valence-electron chi connectivity index (χ0n) is 12.4. The van der Waals surface area contributed by atoms with Gasteiger partial charge in [-0.05, 0) is 41.7 Å². The summed E-state index contributed by atoms with van der Waals surface area (Å²) in [6, 6.07) is 11.2. The molecule has 1 saturated carbocycles. The quantitative estimate of drug-likeness (QED) is 0.930. The number of hydrogen-bond donors (Lipinski definition) is 1. The van der Waals surface area contributed by atoms with E-state index in [1.54, 1.807) is 17.0 Å². The molecule has 3 heteroatoms. The van der Waals surface area contributed by atoms with Gasteiger partial charge in [-0.25, -0.2) is 0 Å². The Labute approximate surface area is 125 Å². The summed E-state index contributed by atoms with van der Waals surface area (Å²) in [6.07, 6.45) is 4.96. The molecule has 0 saturated heterocycles. The highest BCUT2D eigenvalue weighted by Gasteiger charge is 2.22. The van der Waals surface area contributed by atoms with Crippen LogP contribution in [0.25, 0.3) is 10.8 Å². The average Bonchev–Trinajstić information content (AvgIpc) is 2.98. The minimum Gasteiger partial charge on any atom is -0.507 e. The average molecular weight is 283 g/mol. The third kappa shape index (κ3) is 2.87. The molecule has 0 aliphatic heterocycles. The van der Waals surface area contributed by atoms with Crippen molar-refractivity contribution < 1.29 is 9.90 Å². The number of benzene rings is 2. The molecule has 0 aromatic heterocycles. The summed E-state index contributed by atoms with van der Waals surface area (Å²) in [4.78, 5) is 14.3. The monoisotopic (exact) mass is 283 g/mol. The van der Waals surface area contributed by atoms with Crippen LogP contribution in [-0.2, 0) is 0 Å². The summed E-state index contributed by atoms with van der Waals surface area (Å²) in [5, 5.41) is 12.1. The maximum atomic E-state index is 12.6. The minimum atomic E-state index is -0.0925. The van der Waals surface area contributed by atoms with Gasteiger partial charge >= 0.3 is 0 Å². The van der Waals surface area contributed by atoms with Gasteiger partial charge in [0.2, 0.25) is 0 Å². The standard InChI is InChI=1S/C18H21NO2/c1-19(12-13-6-2-3-7-13)18(21)16-10-14-8-4-5-9-15(14)11-17(16)20/h4-5,8-11,13,20H,2-3,6-7,12H2,1H3. The van der Waals surface area contributed by atoms with Crippen LogP contribution >= 0.6 is 0 Å². The Morgan fingerprint density at radius 3 is 2.48 bits per heavy atom. The second kappa shape index (κ2) is 5.76. The van der Waals surface area contributed by atoms with Crippen LogP contribution < -0.4 is 0 Å². The van der Waals surface area contributed by atoms with Gasteiger partial charge in [0.25, 0.3) is 5.91 Å². The fourth-order valence-corrected chi connectivity index (χ4v) is 3.27. The zero-order valence-corrected chi connectivity index (χ0v) is 12.4. The van der Waals surface area contributed by atoms with Crippen molar-refractivity contribution in [1.82, 2.24) is 4.90 Å². The molecule has 0 bridgehead atoms. The molecule has 2 aromatic carbocycles. The van der Waals surface area contributed by atoms with Crippen LogP contribution in [-0.4, -0.2) is 29.5 Å². The first-order chi connectivity index (χ1) is 10.1. The van der Waals surface area contributed by atoms with Crippen LogP contribution in [0, 0.1) is 5.92 Å². The zero-order chi connectivity index (χ0) is 14.8. The third-order valence-electron chi connectivity index (χ3n) is 4.45. The lowest BCUT2D eigenvalue weighted by atomic mass is 10.0. The first-order valence-corrected chi connectivity index (χ1v) is 7.62. The molecule has 1 fully saturated rings. The molecule has 1 N–H and O–H groups in total. The highest BCUT2D eigenvalue weighted by atomic mass is 16.3. The first-order valence-electron chi connectivity index (χ1n) is 7.62. The molecule has 0 spiro atoms. The summed E-state index contributed by atoms with van der Waals surface area (Å²) >= 11 is 0. The maximum absolute atomic E-state index is 12.6. The molecule has 2 aromatic rings. The van der Waals surface area contributed by atoms with Crippen molar-refractivity contribution in [2.75, 3.05) is 13.6 Å². The number of hydrogen-bond acceptors (Lipinski definition) is 2. The molecule has 0 heterocycles. The van der Waals surface area contributed by atoms with Gasteiger partial charge in [0, 0.05) is 13.6 Å². The van der Waals surface area contributed by atoms with Gasteiger partial charge in [-0.3, -0.25) is 4.79 Å². The van der Waals surface area contributed by atoms with Gasteiger partial charge in [-0.2, -0.15) is 0 Å². The van der Waals surface area contributed by atoms with Gasteiger partial charge in [0.05, 0.1) is 5.56 Å². The van der Waals surface area contributed by atoms with E-state index in [9.17, 15) is 9.90 Å². The van der Waals surface area contributed by atoms with E-state index in [0.717, 1.165) is 17.3 Å². The summed E-state index contributed by atoms with van der Waals surface area (Å²) < 4.78 is 0. The molecule has 1 aliphatic rings. The van der Waals surface area contributed by atoms with Crippen LogP contribution in [0.3, 0.4) is 0 Å². The highest BCUT2D eigenvalue weighted by molar-refractivity contribution is 6.01. The Morgan fingerprint density at radius 1 is 1.19 bits per heavy atom. The lowest BCUT2D eigenvalue weighted by Crippen LogP contribution is -2.31. The van der Waals surface area contributed by atoms with Crippen LogP contribution in [0.5, 0.6) is 5.75 Å². The van der Waals surface area contributed by atoms with E-state index < -0.39 is 0 Å². The van der Waals surface area contributed by atoms with Gasteiger partial charge < -0.3 is 10.0 Å². The maximum Gasteiger partial charge on any atom is 0.257 e. The van der Waals surface area contributed by atoms with Crippen LogP contribution in [0.1, 0.15) is 36.0 Å². The number of carbonyl (C=O) groups is 1. The predicted octanol–water partition coefficient (Wildman–Crippen LogP) is 3.81. The third-order valence-corrected chi connectivity index (χ3v) is 4.45. The number of carbonyl (C=O) groups excluding carboxylic acids is 1. The van der Waals surface area contributed by atoms with Crippen molar-refractivity contribution in [2.24, 2.45) is 5.92 Å². The van der Waals surface area contributed by atoms with E-state index in [-0.39, 0.29) is 11.7 Å². The molecule has 110 valence electrons. The summed E-state index contributed by atoms with van der Waals surface area (Å²) in [6.45, 7) is 0.783. The summed E-state index contributed by atoms with van der Waals surface area (Å²) in [7, 11) is 1.83. The van der Waals surface area contributed by atoms with E-state index in [2.05, 4.69) is 0 Å². The smallest absolute Gasteiger partial charge is 0.257 e. The minimum absolute atomic E-state index is 0.0666. The van der Waals surface area contributed by atoms with E-state index in [4.69, 9.17) is 0 Å². The number of rotatable bonds is 3. The lowest BCUT2D eigenvalue weighted by Gasteiger charge is -2.21. The SMILES string of the molecule is CN(CC1CCCC1)C(=O)c1cc2ccccc2cc1O.